The normalized spacial score (nSPS) is 15.4. The fraction of sp³-hybridized carbons (Fsp3) is 0.389. The molecule has 0 heterocycles. The molecule has 4 rings (SSSR count). The number of nitrogens with one attached hydrogen (secondary N) is 4. The Morgan fingerprint density at radius 3 is 1.86 bits per heavy atom. The van der Waals surface area contributed by atoms with Gasteiger partial charge in [-0.05, 0) is 55.0 Å². The summed E-state index contributed by atoms with van der Waals surface area (Å²) in [5.41, 5.74) is 0.191. The van der Waals surface area contributed by atoms with Gasteiger partial charge in [0, 0.05) is 23.6 Å². The summed E-state index contributed by atoms with van der Waals surface area (Å²) in [7, 11) is 0. The largest absolute Gasteiger partial charge is 0.352 e. The lowest BCUT2D eigenvalue weighted by Gasteiger charge is -2.36. The molecule has 1 aliphatic carbocycles. The van der Waals surface area contributed by atoms with Gasteiger partial charge in [0.05, 0.1) is 6.54 Å². The van der Waals surface area contributed by atoms with Gasteiger partial charge in [-0.25, -0.2) is 0 Å². The van der Waals surface area contributed by atoms with Crippen LogP contribution in [0.5, 0.6) is 0 Å². The first-order valence-corrected chi connectivity index (χ1v) is 15.6. The van der Waals surface area contributed by atoms with Crippen LogP contribution in [-0.2, 0) is 16.0 Å². The molecule has 2 atom stereocenters. The van der Waals surface area contributed by atoms with Crippen LogP contribution in [0.25, 0.3) is 0 Å². The van der Waals surface area contributed by atoms with Gasteiger partial charge in [-0.1, -0.05) is 99.8 Å². The predicted molar refractivity (Wildman–Crippen MR) is 172 cm³/mol. The Bertz CT molecular complexity index is 1380. The summed E-state index contributed by atoms with van der Waals surface area (Å²) >= 11 is 0. The summed E-state index contributed by atoms with van der Waals surface area (Å²) in [5, 5.41) is 12.0. The molecule has 0 unspecified atom stereocenters. The van der Waals surface area contributed by atoms with Gasteiger partial charge in [-0.2, -0.15) is 0 Å². The van der Waals surface area contributed by atoms with Gasteiger partial charge in [-0.3, -0.25) is 19.2 Å². The second kappa shape index (κ2) is 15.8. The van der Waals surface area contributed by atoms with Crippen molar-refractivity contribution in [1.29, 1.82) is 0 Å². The SMILES string of the molecule is CC(C)C[C@@](CNC(=O)c1ccccc1)(NC(=O)c1ccccc1)C(=O)N[C@@H](Cc1ccccc1)C(=O)NC1CCCCC1. The number of benzene rings is 3. The van der Waals surface area contributed by atoms with Crippen LogP contribution in [0.1, 0.15) is 78.7 Å². The van der Waals surface area contributed by atoms with Gasteiger partial charge >= 0.3 is 0 Å². The van der Waals surface area contributed by atoms with Gasteiger partial charge in [-0.15, -0.1) is 0 Å². The van der Waals surface area contributed by atoms with Crippen molar-refractivity contribution in [2.75, 3.05) is 6.54 Å². The van der Waals surface area contributed by atoms with E-state index >= 15 is 0 Å². The third-order valence-corrected chi connectivity index (χ3v) is 8.02. The standard InChI is InChI=1S/C36H44N4O4/c1-26(2)24-36(40-33(42)29-19-11-5-12-20-29,25-37-32(41)28-17-9-4-10-18-28)35(44)39-31(23-27-15-7-3-8-16-27)34(43)38-30-21-13-6-14-22-30/h3-5,7-12,15-20,26,30-31H,6,13-14,21-25H2,1-2H3,(H,37,41)(H,38,43)(H,39,44)(H,40,42)/t31-,36-/m0/s1. The highest BCUT2D eigenvalue weighted by molar-refractivity contribution is 6.01. The molecule has 4 N–H and O–H groups in total. The number of carbonyl (C=O) groups excluding carboxylic acids is 4. The fourth-order valence-electron chi connectivity index (χ4n) is 5.80. The number of carbonyl (C=O) groups is 4. The molecule has 4 amide bonds. The highest BCUT2D eigenvalue weighted by atomic mass is 16.2. The topological polar surface area (TPSA) is 116 Å². The van der Waals surface area contributed by atoms with E-state index in [-0.39, 0.29) is 43.2 Å². The number of hydrogen-bond donors (Lipinski definition) is 4. The molecule has 8 heteroatoms. The van der Waals surface area contributed by atoms with Crippen molar-refractivity contribution in [3.63, 3.8) is 0 Å². The Morgan fingerprint density at radius 1 is 0.750 bits per heavy atom. The van der Waals surface area contributed by atoms with Crippen molar-refractivity contribution in [3.05, 3.63) is 108 Å². The van der Waals surface area contributed by atoms with E-state index in [1.54, 1.807) is 48.5 Å². The van der Waals surface area contributed by atoms with Crippen molar-refractivity contribution < 1.29 is 19.2 Å². The van der Waals surface area contributed by atoms with Crippen LogP contribution in [0.2, 0.25) is 0 Å². The van der Waals surface area contributed by atoms with Gasteiger partial charge in [0.1, 0.15) is 11.6 Å². The fourth-order valence-corrected chi connectivity index (χ4v) is 5.80. The van der Waals surface area contributed by atoms with E-state index in [0.717, 1.165) is 37.7 Å². The zero-order valence-electron chi connectivity index (χ0n) is 25.7. The van der Waals surface area contributed by atoms with Crippen LogP contribution in [0, 0.1) is 5.92 Å². The summed E-state index contributed by atoms with van der Waals surface area (Å²) < 4.78 is 0. The minimum atomic E-state index is -1.54. The Balaban J connectivity index is 1.65. The number of rotatable bonds is 13. The zero-order valence-corrected chi connectivity index (χ0v) is 25.7. The number of amides is 4. The van der Waals surface area contributed by atoms with E-state index in [2.05, 4.69) is 21.3 Å². The van der Waals surface area contributed by atoms with Crippen molar-refractivity contribution in [2.45, 2.75) is 76.4 Å². The molecule has 1 fully saturated rings. The molecule has 0 bridgehead atoms. The smallest absolute Gasteiger partial charge is 0.252 e. The molecule has 44 heavy (non-hydrogen) atoms. The molecule has 0 spiro atoms. The van der Waals surface area contributed by atoms with Crippen LogP contribution < -0.4 is 21.3 Å². The third-order valence-electron chi connectivity index (χ3n) is 8.02. The van der Waals surface area contributed by atoms with E-state index in [1.165, 1.54) is 0 Å². The zero-order chi connectivity index (χ0) is 31.4. The van der Waals surface area contributed by atoms with Gasteiger partial charge < -0.3 is 21.3 Å². The highest BCUT2D eigenvalue weighted by Gasteiger charge is 2.43. The van der Waals surface area contributed by atoms with Crippen LogP contribution in [0.4, 0.5) is 0 Å². The summed E-state index contributed by atoms with van der Waals surface area (Å²) in [4.78, 5) is 54.8. The Hall–Kier alpha value is -4.46. The van der Waals surface area contributed by atoms with Crippen molar-refractivity contribution in [3.8, 4) is 0 Å². The van der Waals surface area contributed by atoms with Gasteiger partial charge in [0.15, 0.2) is 0 Å². The first-order valence-electron chi connectivity index (χ1n) is 15.6. The number of hydrogen-bond acceptors (Lipinski definition) is 4. The van der Waals surface area contributed by atoms with Crippen LogP contribution in [-0.4, -0.2) is 47.8 Å². The molecule has 0 saturated heterocycles. The molecule has 232 valence electrons. The summed E-state index contributed by atoms with van der Waals surface area (Å²) in [6.07, 6.45) is 5.61. The van der Waals surface area contributed by atoms with E-state index < -0.39 is 23.4 Å². The Labute approximate surface area is 260 Å². The second-order valence-electron chi connectivity index (χ2n) is 12.1. The lowest BCUT2D eigenvalue weighted by Crippen LogP contribution is -2.67. The predicted octanol–water partition coefficient (Wildman–Crippen LogP) is 4.81. The van der Waals surface area contributed by atoms with E-state index in [0.29, 0.717) is 11.1 Å². The average molecular weight is 597 g/mol. The van der Waals surface area contributed by atoms with Gasteiger partial charge in [0.25, 0.3) is 11.8 Å². The maximum Gasteiger partial charge on any atom is 0.252 e. The van der Waals surface area contributed by atoms with Gasteiger partial charge in [0.2, 0.25) is 11.8 Å². The van der Waals surface area contributed by atoms with E-state index in [4.69, 9.17) is 0 Å². The maximum absolute atomic E-state index is 14.5. The molecular formula is C36H44N4O4. The Kier molecular flexibility index (Phi) is 11.7. The second-order valence-corrected chi connectivity index (χ2v) is 12.1. The lowest BCUT2D eigenvalue weighted by molar-refractivity contribution is -0.133. The molecule has 1 aliphatic rings. The monoisotopic (exact) mass is 596 g/mol. The maximum atomic E-state index is 14.5. The molecule has 0 radical (unpaired) electrons. The third kappa shape index (κ3) is 9.27. The molecule has 0 aliphatic heterocycles. The summed E-state index contributed by atoms with van der Waals surface area (Å²) in [5.74, 6) is -1.62. The minimum Gasteiger partial charge on any atom is -0.352 e. The molecule has 8 nitrogen and oxygen atoms in total. The van der Waals surface area contributed by atoms with Crippen LogP contribution >= 0.6 is 0 Å². The molecule has 0 aromatic heterocycles. The molecule has 3 aromatic carbocycles. The quantitative estimate of drug-likeness (QED) is 0.227. The van der Waals surface area contributed by atoms with E-state index in [1.807, 2.05) is 56.3 Å². The Morgan fingerprint density at radius 2 is 1.30 bits per heavy atom. The van der Waals surface area contributed by atoms with Crippen molar-refractivity contribution in [1.82, 2.24) is 21.3 Å². The van der Waals surface area contributed by atoms with Crippen LogP contribution in [0.3, 0.4) is 0 Å². The molecule has 1 saturated carbocycles. The summed E-state index contributed by atoms with van der Waals surface area (Å²) in [6.45, 7) is 3.74. The highest BCUT2D eigenvalue weighted by Crippen LogP contribution is 2.21. The lowest BCUT2D eigenvalue weighted by atomic mass is 9.86. The molecular weight excluding hydrogens is 552 g/mol. The van der Waals surface area contributed by atoms with E-state index in [9.17, 15) is 19.2 Å². The van der Waals surface area contributed by atoms with Crippen molar-refractivity contribution >= 4 is 23.6 Å². The average Bonchev–Trinajstić information content (AvgIpc) is 3.04. The first-order chi connectivity index (χ1) is 21.3. The molecule has 3 aromatic rings. The summed E-state index contributed by atoms with van der Waals surface area (Å²) in [6, 6.07) is 26.1. The van der Waals surface area contributed by atoms with Crippen molar-refractivity contribution in [2.24, 2.45) is 5.92 Å². The first kappa shape index (κ1) is 32.5. The van der Waals surface area contributed by atoms with Crippen LogP contribution in [0.15, 0.2) is 91.0 Å². The minimum absolute atomic E-state index is 0.0333.